The molecule has 2 aromatic carbocycles. The first-order chi connectivity index (χ1) is 14.9. The molecule has 0 aliphatic carbocycles. The molecule has 0 saturated carbocycles. The highest BCUT2D eigenvalue weighted by molar-refractivity contribution is 7.80. The van der Waals surface area contributed by atoms with E-state index in [0.717, 1.165) is 42.6 Å². The predicted octanol–water partition coefficient (Wildman–Crippen LogP) is 6.91. The van der Waals surface area contributed by atoms with Crippen LogP contribution in [-0.2, 0) is 10.3 Å². The summed E-state index contributed by atoms with van der Waals surface area (Å²) >= 11 is 5.66. The Bertz CT molecular complexity index is 1210. The Balaban J connectivity index is 1.77. The van der Waals surface area contributed by atoms with Gasteiger partial charge in [0.15, 0.2) is 0 Å². The molecule has 7 heteroatoms. The van der Waals surface area contributed by atoms with E-state index in [0.29, 0.717) is 6.61 Å². The van der Waals surface area contributed by atoms with Crippen molar-refractivity contribution in [2.45, 2.75) is 26.3 Å². The Morgan fingerprint density at radius 3 is 2.52 bits per heavy atom. The molecule has 0 radical (unpaired) electrons. The van der Waals surface area contributed by atoms with Crippen LogP contribution < -0.4 is 14.4 Å². The van der Waals surface area contributed by atoms with E-state index in [1.165, 1.54) is 0 Å². The fourth-order valence-electron chi connectivity index (χ4n) is 3.82. The lowest BCUT2D eigenvalue weighted by Crippen LogP contribution is -2.47. The number of rotatable bonds is 5. The van der Waals surface area contributed by atoms with Crippen LogP contribution >= 0.6 is 32.9 Å². The van der Waals surface area contributed by atoms with Crippen LogP contribution in [0.25, 0.3) is 17.2 Å². The summed E-state index contributed by atoms with van der Waals surface area (Å²) in [5.41, 5.74) is 3.27. The molecule has 160 valence electrons. The van der Waals surface area contributed by atoms with Crippen LogP contribution in [0.1, 0.15) is 31.2 Å². The second-order valence-electron chi connectivity index (χ2n) is 7.61. The lowest BCUT2D eigenvalue weighted by molar-refractivity contribution is -0.115. The topological polar surface area (TPSA) is 38.8 Å². The van der Waals surface area contributed by atoms with E-state index in [1.54, 1.807) is 33.9 Å². The number of fused-ring (bicyclic) bond motifs is 3. The van der Waals surface area contributed by atoms with Crippen LogP contribution in [0.5, 0.6) is 11.5 Å². The molecule has 1 aromatic heterocycles. The van der Waals surface area contributed by atoms with Gasteiger partial charge < -0.3 is 9.47 Å². The van der Waals surface area contributed by atoms with Crippen molar-refractivity contribution in [3.63, 3.8) is 0 Å². The average molecular weight is 470 g/mol. The smallest absolute Gasteiger partial charge is 0.251 e. The second kappa shape index (κ2) is 8.57. The normalized spacial score (nSPS) is 14.3. The number of methoxy groups -OCH3 is 1. The summed E-state index contributed by atoms with van der Waals surface area (Å²) in [7, 11) is 4.86. The summed E-state index contributed by atoms with van der Waals surface area (Å²) in [5, 5.41) is 0. The van der Waals surface area contributed by atoms with Gasteiger partial charge in [0.2, 0.25) is 0 Å². The molecule has 0 fully saturated rings. The molecule has 0 bridgehead atoms. The fraction of sp³-hybridized carbons (Fsp3) is 0.250. The van der Waals surface area contributed by atoms with Crippen LogP contribution in [0.3, 0.4) is 0 Å². The van der Waals surface area contributed by atoms with Crippen LogP contribution in [0.15, 0.2) is 48.5 Å². The van der Waals surface area contributed by atoms with E-state index in [9.17, 15) is 4.79 Å². The number of carbonyl (C=O) groups is 1. The molecule has 0 unspecified atom stereocenters. The van der Waals surface area contributed by atoms with Gasteiger partial charge in [-0.15, -0.1) is 0 Å². The van der Waals surface area contributed by atoms with E-state index in [1.807, 2.05) is 60.4 Å². The summed E-state index contributed by atoms with van der Waals surface area (Å²) in [4.78, 5) is 16.4. The average Bonchev–Trinajstić information content (AvgIpc) is 3.16. The SMILES string of the molecule is CCOc1ccc2c(c1)-c1c(ssc1=S)C(C)(C)N2C(=O)C=Cc1ccc(OC)cc1. The Hall–Kier alpha value is -2.48. The molecule has 0 atom stereocenters. The molecule has 0 spiro atoms. The number of ether oxygens (including phenoxy) is 2. The van der Waals surface area contributed by atoms with Crippen LogP contribution in [0.4, 0.5) is 5.69 Å². The van der Waals surface area contributed by atoms with Gasteiger partial charge in [0.05, 0.1) is 29.8 Å². The largest absolute Gasteiger partial charge is 0.497 e. The molecule has 1 amide bonds. The Labute approximate surface area is 194 Å². The van der Waals surface area contributed by atoms with Gasteiger partial charge in [-0.3, -0.25) is 9.69 Å². The van der Waals surface area contributed by atoms with Crippen molar-refractivity contribution in [1.29, 1.82) is 0 Å². The van der Waals surface area contributed by atoms with E-state index in [-0.39, 0.29) is 5.91 Å². The molecule has 1 aliphatic rings. The van der Waals surface area contributed by atoms with E-state index in [4.69, 9.17) is 21.7 Å². The maximum atomic E-state index is 13.5. The van der Waals surface area contributed by atoms with E-state index < -0.39 is 5.54 Å². The summed E-state index contributed by atoms with van der Waals surface area (Å²) in [6.07, 6.45) is 3.46. The summed E-state index contributed by atoms with van der Waals surface area (Å²) in [5.74, 6) is 1.48. The van der Waals surface area contributed by atoms with Crippen LogP contribution in [0.2, 0.25) is 0 Å². The minimum absolute atomic E-state index is 0.0822. The van der Waals surface area contributed by atoms with Gasteiger partial charge in [-0.25, -0.2) is 0 Å². The van der Waals surface area contributed by atoms with Gasteiger partial charge in [0.1, 0.15) is 15.3 Å². The van der Waals surface area contributed by atoms with Gasteiger partial charge in [-0.2, -0.15) is 0 Å². The third-order valence-electron chi connectivity index (χ3n) is 5.29. The van der Waals surface area contributed by atoms with Gasteiger partial charge in [0, 0.05) is 17.2 Å². The summed E-state index contributed by atoms with van der Waals surface area (Å²) in [6, 6.07) is 13.5. The number of carbonyl (C=O) groups excluding carboxylic acids is 1. The number of benzene rings is 2. The molecule has 4 rings (SSSR count). The van der Waals surface area contributed by atoms with E-state index in [2.05, 4.69) is 13.8 Å². The zero-order valence-corrected chi connectivity index (χ0v) is 20.2. The van der Waals surface area contributed by atoms with Crippen molar-refractivity contribution in [3.05, 3.63) is 62.8 Å². The monoisotopic (exact) mass is 469 g/mol. The molecular formula is C24H23NO3S3. The number of amides is 1. The highest BCUT2D eigenvalue weighted by Crippen LogP contribution is 2.52. The molecule has 3 aromatic rings. The highest BCUT2D eigenvalue weighted by atomic mass is 32.9. The lowest BCUT2D eigenvalue weighted by atomic mass is 9.87. The van der Waals surface area contributed by atoms with Crippen molar-refractivity contribution < 1.29 is 14.3 Å². The maximum absolute atomic E-state index is 13.5. The quantitative estimate of drug-likeness (QED) is 0.231. The Morgan fingerprint density at radius 1 is 1.13 bits per heavy atom. The molecule has 4 nitrogen and oxygen atoms in total. The summed E-state index contributed by atoms with van der Waals surface area (Å²) < 4.78 is 11.8. The van der Waals surface area contributed by atoms with Crippen molar-refractivity contribution in [2.75, 3.05) is 18.6 Å². The fourth-order valence-corrected chi connectivity index (χ4v) is 7.10. The number of hydrogen-bond acceptors (Lipinski definition) is 6. The predicted molar refractivity (Wildman–Crippen MR) is 132 cm³/mol. The molecule has 0 N–H and O–H groups in total. The molecule has 0 saturated heterocycles. The Morgan fingerprint density at radius 2 is 1.84 bits per heavy atom. The number of nitrogens with zero attached hydrogens (tertiary/aromatic N) is 1. The van der Waals surface area contributed by atoms with Crippen LogP contribution in [0, 0.1) is 3.82 Å². The van der Waals surface area contributed by atoms with Gasteiger partial charge >= 0.3 is 0 Å². The lowest BCUT2D eigenvalue weighted by Gasteiger charge is -2.42. The van der Waals surface area contributed by atoms with Crippen molar-refractivity contribution in [1.82, 2.24) is 0 Å². The third-order valence-corrected chi connectivity index (χ3v) is 8.62. The molecular weight excluding hydrogens is 446 g/mol. The minimum atomic E-state index is -0.519. The zero-order valence-electron chi connectivity index (χ0n) is 17.8. The Kier molecular flexibility index (Phi) is 6.01. The number of anilines is 1. The van der Waals surface area contributed by atoms with Crippen molar-refractivity contribution in [2.24, 2.45) is 0 Å². The molecule has 1 aliphatic heterocycles. The van der Waals surface area contributed by atoms with Gasteiger partial charge in [-0.05, 0) is 62.7 Å². The molecule has 31 heavy (non-hydrogen) atoms. The van der Waals surface area contributed by atoms with Crippen molar-refractivity contribution in [3.8, 4) is 22.6 Å². The third kappa shape index (κ3) is 3.93. The first-order valence-electron chi connectivity index (χ1n) is 9.94. The summed E-state index contributed by atoms with van der Waals surface area (Å²) in [6.45, 7) is 6.68. The van der Waals surface area contributed by atoms with Gasteiger partial charge in [-0.1, -0.05) is 45.0 Å². The maximum Gasteiger partial charge on any atom is 0.251 e. The van der Waals surface area contributed by atoms with Crippen molar-refractivity contribution >= 4 is 50.6 Å². The standard InChI is InChI=1S/C24H23NO3S3/c1-5-28-17-11-12-19-18(14-17)21-22(30-31-23(21)29)24(2,3)25(19)20(26)13-8-15-6-9-16(27-4)10-7-15/h6-14H,5H2,1-4H3. The second-order valence-corrected chi connectivity index (χ2v) is 10.4. The minimum Gasteiger partial charge on any atom is -0.497 e. The zero-order chi connectivity index (χ0) is 22.2. The first-order valence-corrected chi connectivity index (χ1v) is 12.5. The van der Waals surface area contributed by atoms with Crippen LogP contribution in [-0.4, -0.2) is 19.6 Å². The van der Waals surface area contributed by atoms with Gasteiger partial charge in [0.25, 0.3) is 5.91 Å². The first kappa shape index (κ1) is 21.7. The number of hydrogen-bond donors (Lipinski definition) is 0. The molecule has 2 heterocycles. The highest BCUT2D eigenvalue weighted by Gasteiger charge is 2.42. The van der Waals surface area contributed by atoms with E-state index >= 15 is 0 Å².